The van der Waals surface area contributed by atoms with E-state index in [1.54, 1.807) is 37.7 Å². The van der Waals surface area contributed by atoms with Gasteiger partial charge in [-0.05, 0) is 71.8 Å². The molecule has 0 spiro atoms. The van der Waals surface area contributed by atoms with Gasteiger partial charge in [0.1, 0.15) is 5.75 Å². The number of halogens is 1. The van der Waals surface area contributed by atoms with E-state index in [9.17, 15) is 4.79 Å². The zero-order valence-corrected chi connectivity index (χ0v) is 19.3. The van der Waals surface area contributed by atoms with Crippen LogP contribution in [0, 0.1) is 6.92 Å². The Balaban J connectivity index is 1.63. The van der Waals surface area contributed by atoms with Gasteiger partial charge in [0.05, 0.1) is 20.3 Å². The highest BCUT2D eigenvalue weighted by atomic mass is 35.5. The SMILES string of the molecule is COc1cc2c(cc1OC)[C@H](c1cccs1)N(C(=O)COc1ccc(Cl)c(C)c1)CC2. The molecule has 4 rings (SSSR count). The van der Waals surface area contributed by atoms with Crippen LogP contribution in [0.15, 0.2) is 47.8 Å². The molecule has 7 heteroatoms. The van der Waals surface area contributed by atoms with Crippen LogP contribution >= 0.6 is 22.9 Å². The normalized spacial score (nSPS) is 15.4. The lowest BCUT2D eigenvalue weighted by Crippen LogP contribution is -2.42. The maximum absolute atomic E-state index is 13.2. The number of rotatable bonds is 6. The van der Waals surface area contributed by atoms with Crippen molar-refractivity contribution in [2.45, 2.75) is 19.4 Å². The number of hydrogen-bond acceptors (Lipinski definition) is 5. The first-order valence-electron chi connectivity index (χ1n) is 9.98. The molecular formula is C24H24ClNO4S. The highest BCUT2D eigenvalue weighted by Crippen LogP contribution is 2.42. The van der Waals surface area contributed by atoms with Gasteiger partial charge in [0.25, 0.3) is 5.91 Å². The second-order valence-electron chi connectivity index (χ2n) is 7.36. The molecular weight excluding hydrogens is 434 g/mol. The fourth-order valence-electron chi connectivity index (χ4n) is 3.90. The van der Waals surface area contributed by atoms with E-state index >= 15 is 0 Å². The third kappa shape index (κ3) is 4.36. The molecule has 1 atom stereocenters. The van der Waals surface area contributed by atoms with Crippen LogP contribution in [0.4, 0.5) is 0 Å². The van der Waals surface area contributed by atoms with Crippen LogP contribution in [-0.4, -0.2) is 38.2 Å². The number of methoxy groups -OCH3 is 2. The molecule has 2 aromatic carbocycles. The Labute approximate surface area is 191 Å². The minimum absolute atomic E-state index is 0.0361. The van der Waals surface area contributed by atoms with Crippen molar-refractivity contribution in [1.82, 2.24) is 4.90 Å². The Hall–Kier alpha value is -2.70. The lowest BCUT2D eigenvalue weighted by atomic mass is 9.90. The molecule has 0 fully saturated rings. The molecule has 0 saturated carbocycles. The van der Waals surface area contributed by atoms with Gasteiger partial charge in [0.15, 0.2) is 18.1 Å². The number of benzene rings is 2. The molecule has 1 aliphatic heterocycles. The number of fused-ring (bicyclic) bond motifs is 1. The Morgan fingerprint density at radius 2 is 1.94 bits per heavy atom. The van der Waals surface area contributed by atoms with Crippen molar-refractivity contribution >= 4 is 28.8 Å². The lowest BCUT2D eigenvalue weighted by Gasteiger charge is -2.37. The van der Waals surface area contributed by atoms with Gasteiger partial charge in [-0.1, -0.05) is 17.7 Å². The summed E-state index contributed by atoms with van der Waals surface area (Å²) in [5, 5.41) is 2.70. The van der Waals surface area contributed by atoms with E-state index in [0.29, 0.717) is 28.8 Å². The predicted octanol–water partition coefficient (Wildman–Crippen LogP) is 5.28. The van der Waals surface area contributed by atoms with Crippen molar-refractivity contribution in [2.24, 2.45) is 0 Å². The molecule has 0 bridgehead atoms. The first-order chi connectivity index (χ1) is 15.0. The summed E-state index contributed by atoms with van der Waals surface area (Å²) in [4.78, 5) is 16.2. The molecule has 1 aliphatic rings. The van der Waals surface area contributed by atoms with Crippen molar-refractivity contribution in [3.05, 3.63) is 74.4 Å². The molecule has 5 nitrogen and oxygen atoms in total. The van der Waals surface area contributed by atoms with E-state index < -0.39 is 0 Å². The van der Waals surface area contributed by atoms with Gasteiger partial charge in [-0.3, -0.25) is 4.79 Å². The molecule has 2 heterocycles. The topological polar surface area (TPSA) is 48.0 Å². The van der Waals surface area contributed by atoms with E-state index in [1.165, 1.54) is 0 Å². The maximum atomic E-state index is 13.2. The van der Waals surface area contributed by atoms with Crippen molar-refractivity contribution in [3.8, 4) is 17.2 Å². The van der Waals surface area contributed by atoms with Crippen LogP contribution in [-0.2, 0) is 11.2 Å². The monoisotopic (exact) mass is 457 g/mol. The van der Waals surface area contributed by atoms with E-state index in [0.717, 1.165) is 28.0 Å². The minimum atomic E-state index is -0.188. The minimum Gasteiger partial charge on any atom is -0.493 e. The predicted molar refractivity (Wildman–Crippen MR) is 123 cm³/mol. The van der Waals surface area contributed by atoms with Gasteiger partial charge in [0.2, 0.25) is 0 Å². The van der Waals surface area contributed by atoms with Crippen LogP contribution in [0.2, 0.25) is 5.02 Å². The summed E-state index contributed by atoms with van der Waals surface area (Å²) in [6.45, 7) is 2.48. The second kappa shape index (κ2) is 9.20. The van der Waals surface area contributed by atoms with Gasteiger partial charge >= 0.3 is 0 Å². The van der Waals surface area contributed by atoms with Crippen molar-refractivity contribution < 1.29 is 19.0 Å². The summed E-state index contributed by atoms with van der Waals surface area (Å²) >= 11 is 7.72. The Morgan fingerprint density at radius 1 is 1.16 bits per heavy atom. The maximum Gasteiger partial charge on any atom is 0.261 e. The molecule has 0 unspecified atom stereocenters. The number of aryl methyl sites for hydroxylation is 1. The average molecular weight is 458 g/mol. The van der Waals surface area contributed by atoms with Crippen molar-refractivity contribution in [3.63, 3.8) is 0 Å². The number of amides is 1. The van der Waals surface area contributed by atoms with E-state index in [1.807, 2.05) is 41.5 Å². The van der Waals surface area contributed by atoms with Gasteiger partial charge in [0, 0.05) is 16.4 Å². The number of carbonyl (C=O) groups is 1. The quantitative estimate of drug-likeness (QED) is 0.505. The number of thiophene rings is 1. The average Bonchev–Trinajstić information content (AvgIpc) is 3.32. The van der Waals surface area contributed by atoms with E-state index in [2.05, 4.69) is 6.07 Å². The van der Waals surface area contributed by atoms with Crippen molar-refractivity contribution in [2.75, 3.05) is 27.4 Å². The summed E-state index contributed by atoms with van der Waals surface area (Å²) < 4.78 is 16.8. The largest absolute Gasteiger partial charge is 0.493 e. The molecule has 3 aromatic rings. The molecule has 0 saturated heterocycles. The number of hydrogen-bond donors (Lipinski definition) is 0. The zero-order chi connectivity index (χ0) is 22.0. The number of nitrogens with zero attached hydrogens (tertiary/aromatic N) is 1. The summed E-state index contributed by atoms with van der Waals surface area (Å²) in [5.41, 5.74) is 3.13. The van der Waals surface area contributed by atoms with Crippen LogP contribution in [0.5, 0.6) is 17.2 Å². The molecule has 0 aliphatic carbocycles. The number of carbonyl (C=O) groups excluding carboxylic acids is 1. The lowest BCUT2D eigenvalue weighted by molar-refractivity contribution is -0.135. The molecule has 0 N–H and O–H groups in total. The summed E-state index contributed by atoms with van der Waals surface area (Å²) in [7, 11) is 3.26. The summed E-state index contributed by atoms with van der Waals surface area (Å²) in [6.07, 6.45) is 0.739. The van der Waals surface area contributed by atoms with Crippen molar-refractivity contribution in [1.29, 1.82) is 0 Å². The Kier molecular flexibility index (Phi) is 6.39. The van der Waals surface area contributed by atoms with Crippen LogP contribution in [0.25, 0.3) is 0 Å². The van der Waals surface area contributed by atoms with E-state index in [-0.39, 0.29) is 18.6 Å². The fraction of sp³-hybridized carbons (Fsp3) is 0.292. The molecule has 162 valence electrons. The van der Waals surface area contributed by atoms with Crippen LogP contribution in [0.3, 0.4) is 0 Å². The van der Waals surface area contributed by atoms with Gasteiger partial charge in [-0.2, -0.15) is 0 Å². The first kappa shape index (κ1) is 21.5. The third-order valence-electron chi connectivity index (χ3n) is 5.50. The smallest absolute Gasteiger partial charge is 0.261 e. The van der Waals surface area contributed by atoms with Crippen LogP contribution < -0.4 is 14.2 Å². The standard InChI is InChI=1S/C24H24ClNO4S/c1-15-11-17(6-7-19(15)25)30-14-23(27)26-9-8-16-12-20(28-2)21(29-3)13-18(16)24(26)22-5-4-10-31-22/h4-7,10-13,24H,8-9,14H2,1-3H3/t24-/m1/s1. The van der Waals surface area contributed by atoms with Gasteiger partial charge in [-0.25, -0.2) is 0 Å². The Bertz CT molecular complexity index is 1080. The first-order valence-corrected chi connectivity index (χ1v) is 11.2. The molecule has 1 aromatic heterocycles. The molecule has 31 heavy (non-hydrogen) atoms. The summed E-state index contributed by atoms with van der Waals surface area (Å²) in [5.74, 6) is 1.93. The third-order valence-corrected chi connectivity index (χ3v) is 6.85. The highest BCUT2D eigenvalue weighted by molar-refractivity contribution is 7.10. The highest BCUT2D eigenvalue weighted by Gasteiger charge is 2.34. The van der Waals surface area contributed by atoms with Crippen LogP contribution in [0.1, 0.15) is 27.6 Å². The van der Waals surface area contributed by atoms with Gasteiger partial charge < -0.3 is 19.1 Å². The Morgan fingerprint density at radius 3 is 2.61 bits per heavy atom. The molecule has 1 amide bonds. The van der Waals surface area contributed by atoms with Gasteiger partial charge in [-0.15, -0.1) is 11.3 Å². The molecule has 0 radical (unpaired) electrons. The van der Waals surface area contributed by atoms with E-state index in [4.69, 9.17) is 25.8 Å². The summed E-state index contributed by atoms with van der Waals surface area (Å²) in [6, 6.07) is 13.3. The fourth-order valence-corrected chi connectivity index (χ4v) is 4.88. The second-order valence-corrected chi connectivity index (χ2v) is 8.75. The zero-order valence-electron chi connectivity index (χ0n) is 17.7. The number of ether oxygens (including phenoxy) is 3.